The third kappa shape index (κ3) is 3.94. The van der Waals surface area contributed by atoms with E-state index >= 15 is 0 Å². The Hall–Kier alpha value is -1.07. The molecule has 1 fully saturated rings. The maximum atomic E-state index is 12.7. The van der Waals surface area contributed by atoms with Crippen LogP contribution in [0.5, 0.6) is 0 Å². The molecule has 0 aromatic heterocycles. The number of nitrogens with zero attached hydrogens (tertiary/aromatic N) is 1. The van der Waals surface area contributed by atoms with Gasteiger partial charge in [0.25, 0.3) is 0 Å². The Morgan fingerprint density at radius 1 is 1.26 bits per heavy atom. The van der Waals surface area contributed by atoms with Crippen LogP contribution in [0.1, 0.15) is 25.5 Å². The Kier molecular flexibility index (Phi) is 3.87. The molecule has 5 heteroatoms. The molecular weight excluding hydrogens is 253 g/mol. The summed E-state index contributed by atoms with van der Waals surface area (Å²) in [6.07, 6.45) is -4.17. The highest BCUT2D eigenvalue weighted by Crippen LogP contribution is 2.30. The molecule has 19 heavy (non-hydrogen) atoms. The number of halogens is 3. The van der Waals surface area contributed by atoms with Crippen molar-refractivity contribution in [2.45, 2.75) is 31.6 Å². The Bertz CT molecular complexity index is 412. The van der Waals surface area contributed by atoms with Crippen LogP contribution >= 0.6 is 0 Å². The minimum atomic E-state index is -4.17. The molecule has 106 valence electrons. The topological polar surface area (TPSA) is 15.3 Å². The van der Waals surface area contributed by atoms with Crippen molar-refractivity contribution in [3.8, 4) is 0 Å². The van der Waals surface area contributed by atoms with E-state index in [0.29, 0.717) is 13.1 Å². The van der Waals surface area contributed by atoms with Gasteiger partial charge in [-0.2, -0.15) is 13.2 Å². The van der Waals surface area contributed by atoms with Gasteiger partial charge in [0.2, 0.25) is 0 Å². The van der Waals surface area contributed by atoms with Crippen molar-refractivity contribution in [2.75, 3.05) is 19.6 Å². The van der Waals surface area contributed by atoms with E-state index in [0.717, 1.165) is 5.56 Å². The molecule has 0 spiro atoms. The minimum Gasteiger partial charge on any atom is -0.309 e. The van der Waals surface area contributed by atoms with E-state index in [4.69, 9.17) is 0 Å². The first-order chi connectivity index (χ1) is 8.77. The van der Waals surface area contributed by atoms with Crippen LogP contribution in [0.15, 0.2) is 30.3 Å². The fourth-order valence-corrected chi connectivity index (χ4v) is 2.58. The second kappa shape index (κ2) is 5.13. The van der Waals surface area contributed by atoms with Crippen LogP contribution in [-0.4, -0.2) is 36.2 Å². The smallest absolute Gasteiger partial charge is 0.309 e. The molecule has 1 aromatic rings. The van der Waals surface area contributed by atoms with Crippen LogP contribution in [0.25, 0.3) is 0 Å². The van der Waals surface area contributed by atoms with Gasteiger partial charge in [-0.15, -0.1) is 0 Å². The lowest BCUT2D eigenvalue weighted by molar-refractivity contribution is -0.156. The van der Waals surface area contributed by atoms with Crippen molar-refractivity contribution in [1.82, 2.24) is 10.2 Å². The van der Waals surface area contributed by atoms with Crippen molar-refractivity contribution >= 4 is 0 Å². The van der Waals surface area contributed by atoms with Gasteiger partial charge in [0.1, 0.15) is 0 Å². The summed E-state index contributed by atoms with van der Waals surface area (Å²) in [6.45, 7) is 3.91. The molecule has 1 atom stereocenters. The average molecular weight is 272 g/mol. The van der Waals surface area contributed by atoms with E-state index in [1.807, 2.05) is 44.2 Å². The highest BCUT2D eigenvalue weighted by molar-refractivity contribution is 5.20. The number of piperazine rings is 1. The lowest BCUT2D eigenvalue weighted by Crippen LogP contribution is -2.59. The largest absolute Gasteiger partial charge is 0.401 e. The highest BCUT2D eigenvalue weighted by atomic mass is 19.4. The molecule has 2 rings (SSSR count). The first kappa shape index (κ1) is 14.3. The van der Waals surface area contributed by atoms with Crippen LogP contribution < -0.4 is 5.32 Å². The van der Waals surface area contributed by atoms with E-state index in [1.165, 1.54) is 4.90 Å². The summed E-state index contributed by atoms with van der Waals surface area (Å²) in [6, 6.07) is 9.14. The van der Waals surface area contributed by atoms with Gasteiger partial charge in [-0.3, -0.25) is 4.90 Å². The van der Waals surface area contributed by atoms with E-state index in [2.05, 4.69) is 5.32 Å². The lowest BCUT2D eigenvalue weighted by Gasteiger charge is -2.45. The normalized spacial score (nSPS) is 24.4. The predicted molar refractivity (Wildman–Crippen MR) is 68.9 cm³/mol. The van der Waals surface area contributed by atoms with Crippen molar-refractivity contribution in [1.29, 1.82) is 0 Å². The van der Waals surface area contributed by atoms with Crippen LogP contribution in [0.3, 0.4) is 0 Å². The van der Waals surface area contributed by atoms with Crippen molar-refractivity contribution in [3.05, 3.63) is 35.9 Å². The first-order valence-electron chi connectivity index (χ1n) is 6.38. The van der Waals surface area contributed by atoms with E-state index in [-0.39, 0.29) is 11.6 Å². The zero-order valence-electron chi connectivity index (χ0n) is 11.2. The van der Waals surface area contributed by atoms with Gasteiger partial charge >= 0.3 is 6.18 Å². The zero-order chi connectivity index (χ0) is 14.1. The molecule has 1 N–H and O–H groups in total. The molecule has 2 nitrogen and oxygen atoms in total. The highest BCUT2D eigenvalue weighted by Gasteiger charge is 2.39. The SMILES string of the molecule is CC1(C)CN(CC(F)(F)F)C(c2ccccc2)CN1. The van der Waals surface area contributed by atoms with Crippen molar-refractivity contribution in [3.63, 3.8) is 0 Å². The third-order valence-corrected chi connectivity index (χ3v) is 3.38. The maximum absolute atomic E-state index is 12.7. The number of hydrogen-bond acceptors (Lipinski definition) is 2. The molecule has 0 radical (unpaired) electrons. The van der Waals surface area contributed by atoms with Gasteiger partial charge in [-0.05, 0) is 19.4 Å². The number of hydrogen-bond donors (Lipinski definition) is 1. The summed E-state index contributed by atoms with van der Waals surface area (Å²) in [5.41, 5.74) is 0.631. The minimum absolute atomic E-state index is 0.226. The molecule has 1 saturated heterocycles. The van der Waals surface area contributed by atoms with Gasteiger partial charge in [-0.25, -0.2) is 0 Å². The average Bonchev–Trinajstić information content (AvgIpc) is 2.27. The summed E-state index contributed by atoms with van der Waals surface area (Å²) in [5, 5.41) is 3.31. The molecule has 1 aliphatic rings. The molecular formula is C14H19F3N2. The Labute approximate surface area is 111 Å². The maximum Gasteiger partial charge on any atom is 0.401 e. The Morgan fingerprint density at radius 2 is 1.89 bits per heavy atom. The standard InChI is InChI=1S/C14H19F3N2/c1-13(2)9-19(10-14(15,16)17)12(8-18-13)11-6-4-3-5-7-11/h3-7,12,18H,8-10H2,1-2H3. The molecule has 0 bridgehead atoms. The number of nitrogens with one attached hydrogen (secondary N) is 1. The lowest BCUT2D eigenvalue weighted by atomic mass is 9.95. The van der Waals surface area contributed by atoms with Gasteiger partial charge in [-0.1, -0.05) is 30.3 Å². The van der Waals surface area contributed by atoms with Crippen molar-refractivity contribution in [2.24, 2.45) is 0 Å². The molecule has 0 aliphatic carbocycles. The molecule has 1 aromatic carbocycles. The second-order valence-corrected chi connectivity index (χ2v) is 5.71. The van der Waals surface area contributed by atoms with Crippen LogP contribution in [0.2, 0.25) is 0 Å². The fraction of sp³-hybridized carbons (Fsp3) is 0.571. The third-order valence-electron chi connectivity index (χ3n) is 3.38. The molecule has 1 heterocycles. The van der Waals surface area contributed by atoms with E-state index in [1.54, 1.807) is 0 Å². The van der Waals surface area contributed by atoms with Gasteiger partial charge in [0, 0.05) is 24.7 Å². The van der Waals surface area contributed by atoms with Gasteiger partial charge < -0.3 is 5.32 Å². The summed E-state index contributed by atoms with van der Waals surface area (Å²) < 4.78 is 38.2. The summed E-state index contributed by atoms with van der Waals surface area (Å²) in [5.74, 6) is 0. The van der Waals surface area contributed by atoms with Crippen molar-refractivity contribution < 1.29 is 13.2 Å². The van der Waals surface area contributed by atoms with E-state index < -0.39 is 12.7 Å². The molecule has 1 unspecified atom stereocenters. The first-order valence-corrected chi connectivity index (χ1v) is 6.38. The quantitative estimate of drug-likeness (QED) is 0.890. The molecule has 0 saturated carbocycles. The number of alkyl halides is 3. The van der Waals surface area contributed by atoms with Gasteiger partial charge in [0.05, 0.1) is 6.54 Å². The number of benzene rings is 1. The van der Waals surface area contributed by atoms with Crippen LogP contribution in [-0.2, 0) is 0 Å². The monoisotopic (exact) mass is 272 g/mol. The fourth-order valence-electron chi connectivity index (χ4n) is 2.58. The zero-order valence-corrected chi connectivity index (χ0v) is 11.2. The Balaban J connectivity index is 2.21. The summed E-state index contributed by atoms with van der Waals surface area (Å²) in [4.78, 5) is 1.52. The van der Waals surface area contributed by atoms with Crippen LogP contribution in [0.4, 0.5) is 13.2 Å². The molecule has 1 aliphatic heterocycles. The van der Waals surface area contributed by atoms with Gasteiger partial charge in [0.15, 0.2) is 0 Å². The van der Waals surface area contributed by atoms with E-state index in [9.17, 15) is 13.2 Å². The second-order valence-electron chi connectivity index (χ2n) is 5.71. The molecule has 0 amide bonds. The predicted octanol–water partition coefficient (Wildman–Crippen LogP) is 2.97. The van der Waals surface area contributed by atoms with Crippen LogP contribution in [0, 0.1) is 0 Å². The summed E-state index contributed by atoms with van der Waals surface area (Å²) >= 11 is 0. The summed E-state index contributed by atoms with van der Waals surface area (Å²) in [7, 11) is 0. The Morgan fingerprint density at radius 3 is 2.47 bits per heavy atom. The number of rotatable bonds is 2.